The Hall–Kier alpha value is -0.260. The zero-order valence-electron chi connectivity index (χ0n) is 11.9. The van der Waals surface area contributed by atoms with Crippen LogP contribution in [0.4, 0.5) is 0 Å². The monoisotopic (exact) mass is 383 g/mol. The number of rotatable bonds is 5. The Morgan fingerprint density at radius 1 is 1.41 bits per heavy atom. The van der Waals surface area contributed by atoms with Crippen molar-refractivity contribution in [2.45, 2.75) is 10.5 Å². The molecule has 0 spiro atoms. The molecule has 0 aromatic carbocycles. The molecule has 0 aliphatic carbocycles. The third-order valence-electron chi connectivity index (χ3n) is 2.99. The van der Waals surface area contributed by atoms with Crippen LogP contribution in [0.3, 0.4) is 0 Å². The SMILES string of the molecule is COC(=O)c1sccc1S(=O)(=O)NCC1(O)CSCCSC1. The number of carbonyl (C=O) groups is 1. The fraction of sp³-hybridized carbons (Fsp3) is 0.583. The molecular weight excluding hydrogens is 366 g/mol. The highest BCUT2D eigenvalue weighted by atomic mass is 32.2. The van der Waals surface area contributed by atoms with Crippen LogP contribution >= 0.6 is 34.9 Å². The van der Waals surface area contributed by atoms with Gasteiger partial charge in [-0.3, -0.25) is 0 Å². The highest BCUT2D eigenvalue weighted by Crippen LogP contribution is 2.26. The second-order valence-corrected chi connectivity index (χ2v) is 9.62. The lowest BCUT2D eigenvalue weighted by atomic mass is 10.1. The number of nitrogens with one attached hydrogen (secondary N) is 1. The van der Waals surface area contributed by atoms with Crippen molar-refractivity contribution in [1.29, 1.82) is 0 Å². The summed E-state index contributed by atoms with van der Waals surface area (Å²) in [5.74, 6) is 2.16. The zero-order chi connectivity index (χ0) is 16.2. The molecule has 2 N–H and O–H groups in total. The Morgan fingerprint density at radius 2 is 2.05 bits per heavy atom. The lowest BCUT2D eigenvalue weighted by Crippen LogP contribution is -2.46. The smallest absolute Gasteiger partial charge is 0.349 e. The van der Waals surface area contributed by atoms with Crippen LogP contribution in [-0.4, -0.2) is 61.8 Å². The number of hydrogen-bond acceptors (Lipinski definition) is 8. The van der Waals surface area contributed by atoms with Crippen molar-refractivity contribution in [3.63, 3.8) is 0 Å². The lowest BCUT2D eigenvalue weighted by Gasteiger charge is -2.25. The van der Waals surface area contributed by atoms with Crippen LogP contribution in [-0.2, 0) is 14.8 Å². The van der Waals surface area contributed by atoms with Crippen molar-refractivity contribution in [3.05, 3.63) is 16.3 Å². The fourth-order valence-corrected chi connectivity index (χ4v) is 6.82. The van der Waals surface area contributed by atoms with E-state index in [9.17, 15) is 18.3 Å². The molecule has 0 bridgehead atoms. The minimum Gasteiger partial charge on any atom is -0.465 e. The Morgan fingerprint density at radius 3 is 2.64 bits per heavy atom. The molecule has 1 aromatic heterocycles. The minimum absolute atomic E-state index is 0.0339. The quantitative estimate of drug-likeness (QED) is 0.734. The highest BCUT2D eigenvalue weighted by molar-refractivity contribution is 8.03. The third kappa shape index (κ3) is 4.39. The number of aliphatic hydroxyl groups is 1. The molecule has 22 heavy (non-hydrogen) atoms. The van der Waals surface area contributed by atoms with Gasteiger partial charge in [0.05, 0.1) is 12.7 Å². The standard InChI is InChI=1S/C12H17NO5S4/c1-18-11(14)10-9(2-3-21-10)22(16,17)13-6-12(15)7-19-4-5-20-8-12/h2-3,13,15H,4-8H2,1H3. The van der Waals surface area contributed by atoms with Crippen LogP contribution < -0.4 is 4.72 Å². The van der Waals surface area contributed by atoms with Gasteiger partial charge in [-0.2, -0.15) is 23.5 Å². The van der Waals surface area contributed by atoms with E-state index in [1.807, 2.05) is 0 Å². The Kier molecular flexibility index (Phi) is 6.20. The number of esters is 1. The molecule has 0 atom stereocenters. The highest BCUT2D eigenvalue weighted by Gasteiger charge is 2.32. The number of ether oxygens (including phenoxy) is 1. The van der Waals surface area contributed by atoms with E-state index in [2.05, 4.69) is 9.46 Å². The first kappa shape index (κ1) is 18.1. The summed E-state index contributed by atoms with van der Waals surface area (Å²) >= 11 is 4.22. The van der Waals surface area contributed by atoms with Gasteiger partial charge in [-0.05, 0) is 11.4 Å². The van der Waals surface area contributed by atoms with Gasteiger partial charge in [-0.1, -0.05) is 0 Å². The van der Waals surface area contributed by atoms with Crippen molar-refractivity contribution in [2.75, 3.05) is 36.7 Å². The molecule has 1 aliphatic rings. The number of carbonyl (C=O) groups excluding carboxylic acids is 1. The molecule has 0 radical (unpaired) electrons. The Labute approximate surface area is 142 Å². The molecule has 1 aromatic rings. The van der Waals surface area contributed by atoms with E-state index in [4.69, 9.17) is 0 Å². The summed E-state index contributed by atoms with van der Waals surface area (Å²) in [5.41, 5.74) is -1.08. The summed E-state index contributed by atoms with van der Waals surface area (Å²) in [6, 6.07) is 1.36. The molecule has 0 amide bonds. The summed E-state index contributed by atoms with van der Waals surface area (Å²) in [7, 11) is -2.67. The van der Waals surface area contributed by atoms with Crippen LogP contribution in [0.25, 0.3) is 0 Å². The van der Waals surface area contributed by atoms with Crippen LogP contribution in [0.15, 0.2) is 16.3 Å². The summed E-state index contributed by atoms with van der Waals surface area (Å²) in [4.78, 5) is 11.5. The maximum absolute atomic E-state index is 12.4. The van der Waals surface area contributed by atoms with E-state index in [-0.39, 0.29) is 16.3 Å². The van der Waals surface area contributed by atoms with Gasteiger partial charge < -0.3 is 9.84 Å². The van der Waals surface area contributed by atoms with Gasteiger partial charge in [-0.15, -0.1) is 11.3 Å². The number of thiophene rings is 1. The van der Waals surface area contributed by atoms with E-state index in [0.717, 1.165) is 22.8 Å². The first-order chi connectivity index (χ1) is 10.4. The summed E-state index contributed by atoms with van der Waals surface area (Å²) in [5, 5.41) is 12.0. The zero-order valence-corrected chi connectivity index (χ0v) is 15.2. The van der Waals surface area contributed by atoms with E-state index in [1.165, 1.54) is 18.6 Å². The van der Waals surface area contributed by atoms with Gasteiger partial charge >= 0.3 is 5.97 Å². The second kappa shape index (κ2) is 7.54. The topological polar surface area (TPSA) is 92.7 Å². The average molecular weight is 384 g/mol. The molecule has 2 heterocycles. The third-order valence-corrected chi connectivity index (χ3v) is 8.19. The maximum atomic E-state index is 12.4. The van der Waals surface area contributed by atoms with Crippen LogP contribution in [0, 0.1) is 0 Å². The molecule has 0 saturated carbocycles. The van der Waals surface area contributed by atoms with Gasteiger partial charge in [0, 0.05) is 29.6 Å². The molecular formula is C12H17NO5S4. The van der Waals surface area contributed by atoms with E-state index < -0.39 is 21.6 Å². The van der Waals surface area contributed by atoms with Crippen LogP contribution in [0.2, 0.25) is 0 Å². The van der Waals surface area contributed by atoms with Crippen molar-refractivity contribution in [1.82, 2.24) is 4.72 Å². The molecule has 2 rings (SSSR count). The predicted molar refractivity (Wildman–Crippen MR) is 90.4 cm³/mol. The molecule has 124 valence electrons. The molecule has 1 fully saturated rings. The molecule has 0 unspecified atom stereocenters. The molecule has 6 nitrogen and oxygen atoms in total. The van der Waals surface area contributed by atoms with Crippen LogP contribution in [0.1, 0.15) is 9.67 Å². The first-order valence-electron chi connectivity index (χ1n) is 6.41. The number of thioether (sulfide) groups is 2. The van der Waals surface area contributed by atoms with Crippen molar-refractivity contribution < 1.29 is 23.1 Å². The Bertz CT molecular complexity index is 619. The fourth-order valence-electron chi connectivity index (χ4n) is 1.84. The first-order valence-corrected chi connectivity index (χ1v) is 11.1. The maximum Gasteiger partial charge on any atom is 0.349 e. The summed E-state index contributed by atoms with van der Waals surface area (Å²) < 4.78 is 31.7. The number of sulfonamides is 1. The Balaban J connectivity index is 2.11. The second-order valence-electron chi connectivity index (χ2n) is 4.76. The molecule has 10 heteroatoms. The minimum atomic E-state index is -3.87. The number of methoxy groups -OCH3 is 1. The van der Waals surface area contributed by atoms with Gasteiger partial charge in [0.1, 0.15) is 9.77 Å². The summed E-state index contributed by atoms with van der Waals surface area (Å²) in [6.45, 7) is -0.0776. The van der Waals surface area contributed by atoms with Gasteiger partial charge in [0.25, 0.3) is 0 Å². The predicted octanol–water partition coefficient (Wildman–Crippen LogP) is 1.02. The van der Waals surface area contributed by atoms with E-state index in [1.54, 1.807) is 23.5 Å². The van der Waals surface area contributed by atoms with Gasteiger partial charge in [-0.25, -0.2) is 17.9 Å². The van der Waals surface area contributed by atoms with E-state index >= 15 is 0 Å². The molecule has 1 saturated heterocycles. The van der Waals surface area contributed by atoms with Crippen molar-refractivity contribution in [3.8, 4) is 0 Å². The van der Waals surface area contributed by atoms with Gasteiger partial charge in [0.15, 0.2) is 0 Å². The normalized spacial score (nSPS) is 18.6. The summed E-state index contributed by atoms with van der Waals surface area (Å²) in [6.07, 6.45) is 0. The van der Waals surface area contributed by atoms with Crippen molar-refractivity contribution >= 4 is 50.9 Å². The van der Waals surface area contributed by atoms with Crippen LogP contribution in [0.5, 0.6) is 0 Å². The average Bonchev–Trinajstić information content (AvgIpc) is 2.89. The largest absolute Gasteiger partial charge is 0.465 e. The van der Waals surface area contributed by atoms with E-state index in [0.29, 0.717) is 11.5 Å². The lowest BCUT2D eigenvalue weighted by molar-refractivity contribution is 0.0602. The van der Waals surface area contributed by atoms with Crippen molar-refractivity contribution in [2.24, 2.45) is 0 Å². The molecule has 1 aliphatic heterocycles. The number of hydrogen-bond donors (Lipinski definition) is 2. The van der Waals surface area contributed by atoms with Gasteiger partial charge in [0.2, 0.25) is 10.0 Å².